The maximum Gasteiger partial charge on any atom is 0.334 e. The van der Waals surface area contributed by atoms with E-state index in [0.717, 1.165) is 12.0 Å². The molecule has 130 valence electrons. The predicted molar refractivity (Wildman–Crippen MR) is 84.3 cm³/mol. The highest BCUT2D eigenvalue weighted by molar-refractivity contribution is 5.80. The number of hydrogen-bond acceptors (Lipinski definition) is 5. The maximum atomic E-state index is 12.3. The first kappa shape index (κ1) is 16.6. The van der Waals surface area contributed by atoms with Gasteiger partial charge in [-0.25, -0.2) is 4.79 Å². The second-order valence-corrected chi connectivity index (χ2v) is 6.61. The van der Waals surface area contributed by atoms with Gasteiger partial charge < -0.3 is 24.2 Å². The van der Waals surface area contributed by atoms with Crippen molar-refractivity contribution < 1.29 is 28.9 Å². The van der Waals surface area contributed by atoms with Crippen molar-refractivity contribution >= 4 is 11.9 Å². The molecule has 24 heavy (non-hydrogen) atoms. The van der Waals surface area contributed by atoms with E-state index in [2.05, 4.69) is 0 Å². The van der Waals surface area contributed by atoms with Gasteiger partial charge in [-0.3, -0.25) is 4.79 Å². The van der Waals surface area contributed by atoms with E-state index >= 15 is 0 Å². The number of benzene rings is 1. The molecule has 0 aromatic heterocycles. The standard InChI is InChI=1S/C17H21NO6/c1-17(2)8-11-4-3-5-12(15(11)24-17)23-10-14(19)18-6-7-22-13(9-18)16(20)21/h3-5,13H,6-10H2,1-2H3,(H,20,21). The van der Waals surface area contributed by atoms with Gasteiger partial charge in [-0.2, -0.15) is 0 Å². The van der Waals surface area contributed by atoms with Crippen LogP contribution in [0.5, 0.6) is 11.5 Å². The second-order valence-electron chi connectivity index (χ2n) is 6.61. The van der Waals surface area contributed by atoms with Gasteiger partial charge in [-0.15, -0.1) is 0 Å². The minimum Gasteiger partial charge on any atom is -0.483 e. The molecule has 1 aromatic rings. The second kappa shape index (κ2) is 6.32. The van der Waals surface area contributed by atoms with Gasteiger partial charge in [-0.05, 0) is 19.9 Å². The van der Waals surface area contributed by atoms with Gasteiger partial charge in [-0.1, -0.05) is 12.1 Å². The molecule has 7 heteroatoms. The first-order valence-corrected chi connectivity index (χ1v) is 7.91. The summed E-state index contributed by atoms with van der Waals surface area (Å²) in [5.41, 5.74) is 0.771. The Kier molecular flexibility index (Phi) is 4.36. The first-order valence-electron chi connectivity index (χ1n) is 7.91. The van der Waals surface area contributed by atoms with Crippen LogP contribution < -0.4 is 9.47 Å². The van der Waals surface area contributed by atoms with Crippen molar-refractivity contribution in [2.75, 3.05) is 26.3 Å². The molecule has 0 saturated carbocycles. The lowest BCUT2D eigenvalue weighted by atomic mass is 10.0. The van der Waals surface area contributed by atoms with Crippen LogP contribution in [0.15, 0.2) is 18.2 Å². The van der Waals surface area contributed by atoms with Crippen molar-refractivity contribution in [2.24, 2.45) is 0 Å². The van der Waals surface area contributed by atoms with E-state index < -0.39 is 12.1 Å². The molecule has 1 unspecified atom stereocenters. The van der Waals surface area contributed by atoms with Crippen LogP contribution in [0.2, 0.25) is 0 Å². The lowest BCUT2D eigenvalue weighted by Gasteiger charge is -2.30. The van der Waals surface area contributed by atoms with Crippen molar-refractivity contribution in [2.45, 2.75) is 32.0 Å². The molecule has 2 aliphatic rings. The topological polar surface area (TPSA) is 85.3 Å². The third-order valence-electron chi connectivity index (χ3n) is 4.10. The molecule has 7 nitrogen and oxygen atoms in total. The third kappa shape index (κ3) is 3.46. The SMILES string of the molecule is CC1(C)Cc2cccc(OCC(=O)N3CCOC(C(=O)O)C3)c2O1. The number of hydrogen-bond donors (Lipinski definition) is 1. The number of carbonyl (C=O) groups is 2. The Labute approximate surface area is 140 Å². The summed E-state index contributed by atoms with van der Waals surface area (Å²) in [5.74, 6) is -0.112. The average Bonchev–Trinajstić information content (AvgIpc) is 2.87. The van der Waals surface area contributed by atoms with Gasteiger partial charge in [0.2, 0.25) is 0 Å². The summed E-state index contributed by atoms with van der Waals surface area (Å²) in [6, 6.07) is 5.63. The highest BCUT2D eigenvalue weighted by Crippen LogP contribution is 2.41. The van der Waals surface area contributed by atoms with Crippen LogP contribution in [0.3, 0.4) is 0 Å². The van der Waals surface area contributed by atoms with Gasteiger partial charge in [0.1, 0.15) is 5.60 Å². The molecule has 1 fully saturated rings. The molecule has 1 aromatic carbocycles. The van der Waals surface area contributed by atoms with E-state index in [1.165, 1.54) is 4.90 Å². The summed E-state index contributed by atoms with van der Waals surface area (Å²) < 4.78 is 16.7. The Morgan fingerprint density at radius 1 is 1.42 bits per heavy atom. The molecular weight excluding hydrogens is 314 g/mol. The molecule has 1 N–H and O–H groups in total. The molecule has 1 atom stereocenters. The fourth-order valence-corrected chi connectivity index (χ4v) is 2.96. The first-order chi connectivity index (χ1) is 11.4. The normalized spacial score (nSPS) is 21.8. The van der Waals surface area contributed by atoms with Crippen LogP contribution >= 0.6 is 0 Å². The third-order valence-corrected chi connectivity index (χ3v) is 4.10. The lowest BCUT2D eigenvalue weighted by Crippen LogP contribution is -2.49. The number of ether oxygens (including phenoxy) is 3. The van der Waals surface area contributed by atoms with E-state index in [0.29, 0.717) is 18.0 Å². The number of carboxylic acids is 1. The van der Waals surface area contributed by atoms with Crippen molar-refractivity contribution in [1.82, 2.24) is 4.90 Å². The molecular formula is C17H21NO6. The summed E-state index contributed by atoms with van der Waals surface area (Å²) >= 11 is 0. The minimum absolute atomic E-state index is 0.0357. The van der Waals surface area contributed by atoms with Crippen LogP contribution in [0, 0.1) is 0 Å². The molecule has 0 radical (unpaired) electrons. The fraction of sp³-hybridized carbons (Fsp3) is 0.529. The highest BCUT2D eigenvalue weighted by Gasteiger charge is 2.33. The van der Waals surface area contributed by atoms with Crippen molar-refractivity contribution in [3.05, 3.63) is 23.8 Å². The van der Waals surface area contributed by atoms with E-state index in [4.69, 9.17) is 19.3 Å². The van der Waals surface area contributed by atoms with Crippen LogP contribution in [0.4, 0.5) is 0 Å². The zero-order chi connectivity index (χ0) is 17.3. The minimum atomic E-state index is -1.06. The Balaban J connectivity index is 1.62. The van der Waals surface area contributed by atoms with Crippen molar-refractivity contribution in [3.63, 3.8) is 0 Å². The largest absolute Gasteiger partial charge is 0.483 e. The smallest absolute Gasteiger partial charge is 0.334 e. The Morgan fingerprint density at radius 3 is 2.96 bits per heavy atom. The molecule has 0 aliphatic carbocycles. The van der Waals surface area contributed by atoms with Crippen molar-refractivity contribution in [3.8, 4) is 11.5 Å². The number of carbonyl (C=O) groups excluding carboxylic acids is 1. The summed E-state index contributed by atoms with van der Waals surface area (Å²) in [6.07, 6.45) is -0.190. The number of fused-ring (bicyclic) bond motifs is 1. The number of rotatable bonds is 4. The molecule has 3 rings (SSSR count). The Bertz CT molecular complexity index is 656. The van der Waals surface area contributed by atoms with E-state index in [1.807, 2.05) is 26.0 Å². The van der Waals surface area contributed by atoms with Gasteiger partial charge in [0.15, 0.2) is 24.2 Å². The predicted octanol–water partition coefficient (Wildman–Crippen LogP) is 1.09. The monoisotopic (exact) mass is 335 g/mol. The Hall–Kier alpha value is -2.28. The fourth-order valence-electron chi connectivity index (χ4n) is 2.96. The zero-order valence-electron chi connectivity index (χ0n) is 13.8. The molecule has 2 aliphatic heterocycles. The Morgan fingerprint density at radius 2 is 2.21 bits per heavy atom. The van der Waals surface area contributed by atoms with Crippen molar-refractivity contribution in [1.29, 1.82) is 0 Å². The highest BCUT2D eigenvalue weighted by atomic mass is 16.5. The average molecular weight is 335 g/mol. The number of aliphatic carboxylic acids is 1. The molecule has 2 heterocycles. The van der Waals surface area contributed by atoms with Gasteiger partial charge >= 0.3 is 5.97 Å². The van der Waals surface area contributed by atoms with Crippen LogP contribution in [-0.2, 0) is 20.7 Å². The van der Waals surface area contributed by atoms with Crippen LogP contribution in [0.25, 0.3) is 0 Å². The van der Waals surface area contributed by atoms with E-state index in [1.54, 1.807) is 6.07 Å². The molecule has 0 spiro atoms. The van der Waals surface area contributed by atoms with Crippen LogP contribution in [0.1, 0.15) is 19.4 Å². The quantitative estimate of drug-likeness (QED) is 0.887. The number of para-hydroxylation sites is 1. The summed E-state index contributed by atoms with van der Waals surface area (Å²) in [4.78, 5) is 24.7. The maximum absolute atomic E-state index is 12.3. The van der Waals surface area contributed by atoms with Gasteiger partial charge in [0, 0.05) is 18.5 Å². The summed E-state index contributed by atoms with van der Waals surface area (Å²) in [7, 11) is 0. The number of carboxylic acid groups (broad SMARTS) is 1. The van der Waals surface area contributed by atoms with Gasteiger partial charge in [0.05, 0.1) is 13.2 Å². The van der Waals surface area contributed by atoms with E-state index in [9.17, 15) is 9.59 Å². The number of morpholine rings is 1. The van der Waals surface area contributed by atoms with Crippen LogP contribution in [-0.4, -0.2) is 59.9 Å². The van der Waals surface area contributed by atoms with Gasteiger partial charge in [0.25, 0.3) is 5.91 Å². The molecule has 0 bridgehead atoms. The summed E-state index contributed by atoms with van der Waals surface area (Å²) in [6.45, 7) is 4.45. The summed E-state index contributed by atoms with van der Waals surface area (Å²) in [5, 5.41) is 8.99. The zero-order valence-corrected chi connectivity index (χ0v) is 13.8. The molecule has 1 saturated heterocycles. The number of amides is 1. The lowest BCUT2D eigenvalue weighted by molar-refractivity contribution is -0.159. The molecule has 1 amide bonds. The van der Waals surface area contributed by atoms with E-state index in [-0.39, 0.29) is 31.3 Å². The number of nitrogens with zero attached hydrogens (tertiary/aromatic N) is 1.